The number of aromatic nitrogens is 2. The molecule has 0 unspecified atom stereocenters. The van der Waals surface area contributed by atoms with Crippen LogP contribution in [-0.4, -0.2) is 21.0 Å². The van der Waals surface area contributed by atoms with Crippen LogP contribution in [-0.2, 0) is 24.1 Å². The molecule has 1 aliphatic rings. The second-order valence-corrected chi connectivity index (χ2v) is 7.92. The third-order valence-corrected chi connectivity index (χ3v) is 5.60. The molecule has 5 nitrogen and oxygen atoms in total. The molecule has 1 heterocycles. The molecule has 0 aliphatic heterocycles. The van der Waals surface area contributed by atoms with Gasteiger partial charge in [0.05, 0.1) is 17.8 Å². The van der Waals surface area contributed by atoms with E-state index in [0.29, 0.717) is 46.9 Å². The van der Waals surface area contributed by atoms with Crippen molar-refractivity contribution in [1.82, 2.24) is 9.97 Å². The molecule has 2 N–H and O–H groups in total. The number of phenolic OH excluding ortho intramolecular Hbond substituents is 1. The topological polar surface area (TPSA) is 75.1 Å². The molecule has 0 spiro atoms. The first-order valence-corrected chi connectivity index (χ1v) is 10.5. The Morgan fingerprint density at radius 3 is 2.36 bits per heavy atom. The van der Waals surface area contributed by atoms with Crippen molar-refractivity contribution >= 4 is 11.7 Å². The van der Waals surface area contributed by atoms with Crippen LogP contribution in [0.15, 0.2) is 66.7 Å². The standard InChI is InChI=1S/C26H19F2N3O2/c27-18-6-1-15(2-7-18)13-23(33)30-26-24(16-3-9-20(32)10-4-16)31-25-21-11-8-19(28)14-17(21)5-12-22(25)29-26/h1-4,6-11,14,32H,5,12-13H2,(H,29,30,33). The van der Waals surface area contributed by atoms with Gasteiger partial charge in [0.15, 0.2) is 5.82 Å². The van der Waals surface area contributed by atoms with Gasteiger partial charge in [-0.25, -0.2) is 18.7 Å². The number of nitrogens with zero attached hydrogens (tertiary/aromatic N) is 2. The van der Waals surface area contributed by atoms with Gasteiger partial charge in [0, 0.05) is 11.1 Å². The van der Waals surface area contributed by atoms with E-state index in [9.17, 15) is 18.7 Å². The monoisotopic (exact) mass is 443 g/mol. The van der Waals surface area contributed by atoms with E-state index in [4.69, 9.17) is 9.97 Å². The molecule has 5 rings (SSSR count). The Morgan fingerprint density at radius 2 is 1.61 bits per heavy atom. The highest BCUT2D eigenvalue weighted by Crippen LogP contribution is 2.36. The van der Waals surface area contributed by atoms with Gasteiger partial charge in [-0.05, 0) is 78.6 Å². The number of hydrogen-bond acceptors (Lipinski definition) is 4. The molecule has 4 aromatic rings. The summed E-state index contributed by atoms with van der Waals surface area (Å²) in [6, 6.07) is 16.8. The van der Waals surface area contributed by atoms with Crippen molar-refractivity contribution in [1.29, 1.82) is 0 Å². The smallest absolute Gasteiger partial charge is 0.230 e. The summed E-state index contributed by atoms with van der Waals surface area (Å²) in [7, 11) is 0. The minimum atomic E-state index is -0.366. The first-order chi connectivity index (χ1) is 16.0. The van der Waals surface area contributed by atoms with E-state index in [0.717, 1.165) is 11.1 Å². The highest BCUT2D eigenvalue weighted by molar-refractivity contribution is 5.95. The number of amides is 1. The number of aromatic hydroxyl groups is 1. The van der Waals surface area contributed by atoms with Gasteiger partial charge in [-0.3, -0.25) is 4.79 Å². The fourth-order valence-corrected chi connectivity index (χ4v) is 3.98. The zero-order valence-electron chi connectivity index (χ0n) is 17.5. The highest BCUT2D eigenvalue weighted by atomic mass is 19.1. The number of benzene rings is 3. The van der Waals surface area contributed by atoms with Gasteiger partial charge in [0.2, 0.25) is 5.91 Å². The summed E-state index contributed by atoms with van der Waals surface area (Å²) >= 11 is 0. The Bertz CT molecular complexity index is 1350. The summed E-state index contributed by atoms with van der Waals surface area (Å²) in [6.45, 7) is 0. The van der Waals surface area contributed by atoms with Crippen molar-refractivity contribution in [3.8, 4) is 28.3 Å². The lowest BCUT2D eigenvalue weighted by Crippen LogP contribution is -2.19. The van der Waals surface area contributed by atoms with Gasteiger partial charge in [-0.15, -0.1) is 0 Å². The summed E-state index contributed by atoms with van der Waals surface area (Å²) in [5.41, 5.74) is 4.82. The second kappa shape index (κ2) is 8.43. The lowest BCUT2D eigenvalue weighted by molar-refractivity contribution is -0.115. The van der Waals surface area contributed by atoms with Crippen LogP contribution in [0.3, 0.4) is 0 Å². The summed E-state index contributed by atoms with van der Waals surface area (Å²) in [4.78, 5) is 22.3. The quantitative estimate of drug-likeness (QED) is 0.462. The van der Waals surface area contributed by atoms with E-state index in [-0.39, 0.29) is 29.7 Å². The normalized spacial score (nSPS) is 12.1. The number of nitrogens with one attached hydrogen (secondary N) is 1. The predicted molar refractivity (Wildman–Crippen MR) is 121 cm³/mol. The van der Waals surface area contributed by atoms with Crippen LogP contribution in [0, 0.1) is 11.6 Å². The van der Waals surface area contributed by atoms with Crippen LogP contribution < -0.4 is 5.32 Å². The molecule has 0 saturated carbocycles. The number of anilines is 1. The zero-order valence-corrected chi connectivity index (χ0v) is 17.5. The lowest BCUT2D eigenvalue weighted by Gasteiger charge is -2.21. The zero-order chi connectivity index (χ0) is 22.9. The Morgan fingerprint density at radius 1 is 0.879 bits per heavy atom. The number of phenols is 1. The number of fused-ring (bicyclic) bond motifs is 3. The van der Waals surface area contributed by atoms with Gasteiger partial charge in [0.25, 0.3) is 0 Å². The maximum atomic E-state index is 13.7. The molecule has 0 bridgehead atoms. The lowest BCUT2D eigenvalue weighted by atomic mass is 9.91. The number of aryl methyl sites for hydroxylation is 2. The fourth-order valence-electron chi connectivity index (χ4n) is 3.98. The predicted octanol–water partition coefficient (Wildman–Crippen LogP) is 5.07. The van der Waals surface area contributed by atoms with Crippen LogP contribution in [0.2, 0.25) is 0 Å². The van der Waals surface area contributed by atoms with E-state index >= 15 is 0 Å². The maximum absolute atomic E-state index is 13.7. The third-order valence-electron chi connectivity index (χ3n) is 5.60. The van der Waals surface area contributed by atoms with Crippen molar-refractivity contribution < 1.29 is 18.7 Å². The Kier molecular flexibility index (Phi) is 5.30. The minimum Gasteiger partial charge on any atom is -0.508 e. The van der Waals surface area contributed by atoms with Crippen LogP contribution in [0.1, 0.15) is 16.8 Å². The average Bonchev–Trinajstić information content (AvgIpc) is 2.80. The van der Waals surface area contributed by atoms with Gasteiger partial charge < -0.3 is 10.4 Å². The summed E-state index contributed by atoms with van der Waals surface area (Å²) < 4.78 is 26.9. The first-order valence-electron chi connectivity index (χ1n) is 10.5. The van der Waals surface area contributed by atoms with E-state index in [1.54, 1.807) is 30.3 Å². The van der Waals surface area contributed by atoms with E-state index in [1.165, 1.54) is 36.4 Å². The molecule has 1 aliphatic carbocycles. The van der Waals surface area contributed by atoms with E-state index < -0.39 is 0 Å². The third kappa shape index (κ3) is 4.30. The second-order valence-electron chi connectivity index (χ2n) is 7.92. The largest absolute Gasteiger partial charge is 0.508 e. The molecule has 1 aromatic heterocycles. The number of hydrogen-bond donors (Lipinski definition) is 2. The molecular formula is C26H19F2N3O2. The molecule has 33 heavy (non-hydrogen) atoms. The van der Waals surface area contributed by atoms with Crippen molar-refractivity contribution in [3.63, 3.8) is 0 Å². The summed E-state index contributed by atoms with van der Waals surface area (Å²) in [5.74, 6) is -0.568. The van der Waals surface area contributed by atoms with Crippen molar-refractivity contribution in [2.45, 2.75) is 19.3 Å². The molecule has 3 aromatic carbocycles. The summed E-state index contributed by atoms with van der Waals surface area (Å²) in [6.07, 6.45) is 1.24. The Hall–Kier alpha value is -4.13. The number of carbonyl (C=O) groups is 1. The Labute approximate surface area is 188 Å². The van der Waals surface area contributed by atoms with Crippen LogP contribution in [0.4, 0.5) is 14.6 Å². The summed E-state index contributed by atoms with van der Waals surface area (Å²) in [5, 5.41) is 12.5. The fraction of sp³-hybridized carbons (Fsp3) is 0.115. The van der Waals surface area contributed by atoms with E-state index in [1.807, 2.05) is 0 Å². The average molecular weight is 443 g/mol. The molecule has 7 heteroatoms. The molecule has 0 radical (unpaired) electrons. The maximum Gasteiger partial charge on any atom is 0.230 e. The van der Waals surface area contributed by atoms with Crippen molar-refractivity contribution in [2.24, 2.45) is 0 Å². The van der Waals surface area contributed by atoms with Gasteiger partial charge >= 0.3 is 0 Å². The number of rotatable bonds is 4. The van der Waals surface area contributed by atoms with Gasteiger partial charge in [-0.2, -0.15) is 0 Å². The molecular weight excluding hydrogens is 424 g/mol. The SMILES string of the molecule is O=C(Cc1ccc(F)cc1)Nc1nc2c(nc1-c1ccc(O)cc1)-c1ccc(F)cc1CC2. The minimum absolute atomic E-state index is 0.0518. The molecule has 0 saturated heterocycles. The molecule has 164 valence electrons. The highest BCUT2D eigenvalue weighted by Gasteiger charge is 2.23. The van der Waals surface area contributed by atoms with E-state index in [2.05, 4.69) is 5.32 Å². The van der Waals surface area contributed by atoms with Crippen molar-refractivity contribution in [3.05, 3.63) is 95.2 Å². The van der Waals surface area contributed by atoms with Crippen LogP contribution in [0.5, 0.6) is 5.75 Å². The number of carbonyl (C=O) groups excluding carboxylic acids is 1. The van der Waals surface area contributed by atoms with Gasteiger partial charge in [0.1, 0.15) is 23.1 Å². The van der Waals surface area contributed by atoms with Crippen molar-refractivity contribution in [2.75, 3.05) is 5.32 Å². The van der Waals surface area contributed by atoms with Gasteiger partial charge in [-0.1, -0.05) is 12.1 Å². The number of halogens is 2. The first kappa shape index (κ1) is 20.8. The molecule has 0 atom stereocenters. The van der Waals surface area contributed by atoms with Crippen LogP contribution in [0.25, 0.3) is 22.5 Å². The molecule has 1 amide bonds. The molecule has 0 fully saturated rings. The van der Waals surface area contributed by atoms with Crippen LogP contribution >= 0.6 is 0 Å². The Balaban J connectivity index is 1.55.